The maximum absolute atomic E-state index is 6.30. The van der Waals surface area contributed by atoms with Crippen LogP contribution in [0.4, 0.5) is 0 Å². The van der Waals surface area contributed by atoms with Crippen molar-refractivity contribution in [2.45, 2.75) is 19.9 Å². The minimum atomic E-state index is 0.813. The summed E-state index contributed by atoms with van der Waals surface area (Å²) in [6.45, 7) is 3.03. The third-order valence-electron chi connectivity index (χ3n) is 3.52. The monoisotopic (exact) mass is 269 g/mol. The van der Waals surface area contributed by atoms with Crippen LogP contribution in [0.3, 0.4) is 0 Å². The zero-order chi connectivity index (χ0) is 13.2. The van der Waals surface area contributed by atoms with Gasteiger partial charge < -0.3 is 4.57 Å². The fraction of sp³-hybridized carbons (Fsp3) is 0.176. The molecule has 2 aromatic carbocycles. The Morgan fingerprint density at radius 3 is 2.42 bits per heavy atom. The molecule has 0 aliphatic heterocycles. The van der Waals surface area contributed by atoms with Gasteiger partial charge in [-0.15, -0.1) is 0 Å². The Bertz CT molecular complexity index is 695. The van der Waals surface area contributed by atoms with Gasteiger partial charge in [0, 0.05) is 18.1 Å². The zero-order valence-electron chi connectivity index (χ0n) is 10.9. The van der Waals surface area contributed by atoms with Crippen molar-refractivity contribution in [2.75, 3.05) is 0 Å². The van der Waals surface area contributed by atoms with E-state index in [0.29, 0.717) is 0 Å². The maximum Gasteiger partial charge on any atom is 0.0672 e. The lowest BCUT2D eigenvalue weighted by atomic mass is 10.1. The first-order valence-electron chi connectivity index (χ1n) is 6.59. The summed E-state index contributed by atoms with van der Waals surface area (Å²) in [6.07, 6.45) is 3.18. The van der Waals surface area contributed by atoms with E-state index in [9.17, 15) is 0 Å². The van der Waals surface area contributed by atoms with Crippen molar-refractivity contribution in [1.82, 2.24) is 4.57 Å². The van der Waals surface area contributed by atoms with E-state index in [1.54, 1.807) is 0 Å². The average molecular weight is 270 g/mol. The van der Waals surface area contributed by atoms with Crippen LogP contribution in [-0.4, -0.2) is 4.57 Å². The van der Waals surface area contributed by atoms with Crippen LogP contribution in [0.1, 0.15) is 18.1 Å². The van der Waals surface area contributed by atoms with E-state index in [1.807, 2.05) is 12.1 Å². The standard InChI is InChI=1S/C17H16ClN/c1-2-13-6-8-14(9-7-13)12-19-11-10-15-4-3-5-16(18)17(15)19/h3-11H,2,12H2,1H3. The fourth-order valence-electron chi connectivity index (χ4n) is 2.42. The van der Waals surface area contributed by atoms with Gasteiger partial charge in [-0.05, 0) is 29.7 Å². The summed E-state index contributed by atoms with van der Waals surface area (Å²) in [7, 11) is 0. The van der Waals surface area contributed by atoms with Gasteiger partial charge in [0.1, 0.15) is 0 Å². The maximum atomic E-state index is 6.30. The number of hydrogen-bond acceptors (Lipinski definition) is 0. The predicted octanol–water partition coefficient (Wildman–Crippen LogP) is 4.91. The van der Waals surface area contributed by atoms with Crippen LogP contribution in [0.25, 0.3) is 10.9 Å². The van der Waals surface area contributed by atoms with Gasteiger partial charge in [0.25, 0.3) is 0 Å². The van der Waals surface area contributed by atoms with Crippen LogP contribution in [0, 0.1) is 0 Å². The highest BCUT2D eigenvalue weighted by Crippen LogP contribution is 2.25. The molecule has 0 atom stereocenters. The molecule has 0 spiro atoms. The van der Waals surface area contributed by atoms with Crippen LogP contribution in [0.15, 0.2) is 54.7 Å². The molecule has 3 aromatic rings. The third-order valence-corrected chi connectivity index (χ3v) is 3.83. The van der Waals surface area contributed by atoms with Gasteiger partial charge in [-0.3, -0.25) is 0 Å². The van der Waals surface area contributed by atoms with Gasteiger partial charge in [-0.1, -0.05) is 54.9 Å². The first kappa shape index (κ1) is 12.3. The highest BCUT2D eigenvalue weighted by atomic mass is 35.5. The predicted molar refractivity (Wildman–Crippen MR) is 81.9 cm³/mol. The molecule has 0 saturated carbocycles. The largest absolute Gasteiger partial charge is 0.342 e. The van der Waals surface area contributed by atoms with Crippen molar-refractivity contribution in [3.05, 3.63) is 70.9 Å². The van der Waals surface area contributed by atoms with Gasteiger partial charge in [0.15, 0.2) is 0 Å². The minimum absolute atomic E-state index is 0.813. The Hall–Kier alpha value is -1.73. The molecule has 1 aromatic heterocycles. The van der Waals surface area contributed by atoms with Gasteiger partial charge >= 0.3 is 0 Å². The summed E-state index contributed by atoms with van der Waals surface area (Å²) in [5.41, 5.74) is 3.79. The van der Waals surface area contributed by atoms with Crippen molar-refractivity contribution >= 4 is 22.5 Å². The molecule has 0 amide bonds. The number of aromatic nitrogens is 1. The van der Waals surface area contributed by atoms with E-state index in [-0.39, 0.29) is 0 Å². The molecule has 0 aliphatic carbocycles. The number of halogens is 1. The molecule has 0 fully saturated rings. The second kappa shape index (κ2) is 5.10. The molecule has 0 saturated heterocycles. The molecule has 1 heterocycles. The molecule has 1 nitrogen and oxygen atoms in total. The van der Waals surface area contributed by atoms with Crippen molar-refractivity contribution in [1.29, 1.82) is 0 Å². The van der Waals surface area contributed by atoms with Crippen molar-refractivity contribution in [3.63, 3.8) is 0 Å². The molecule has 2 heteroatoms. The molecule has 3 rings (SSSR count). The number of para-hydroxylation sites is 1. The van der Waals surface area contributed by atoms with E-state index in [0.717, 1.165) is 23.5 Å². The zero-order valence-corrected chi connectivity index (χ0v) is 11.7. The SMILES string of the molecule is CCc1ccc(Cn2ccc3cccc(Cl)c32)cc1. The van der Waals surface area contributed by atoms with Crippen molar-refractivity contribution in [2.24, 2.45) is 0 Å². The van der Waals surface area contributed by atoms with Crippen molar-refractivity contribution in [3.8, 4) is 0 Å². The number of nitrogens with zero attached hydrogens (tertiary/aromatic N) is 1. The smallest absolute Gasteiger partial charge is 0.0672 e. The second-order valence-electron chi connectivity index (χ2n) is 4.79. The molecule has 19 heavy (non-hydrogen) atoms. The second-order valence-corrected chi connectivity index (χ2v) is 5.20. The number of rotatable bonds is 3. The molecule has 0 bridgehead atoms. The number of aryl methyl sites for hydroxylation is 1. The highest BCUT2D eigenvalue weighted by molar-refractivity contribution is 6.35. The summed E-state index contributed by atoms with van der Waals surface area (Å²) >= 11 is 6.30. The topological polar surface area (TPSA) is 4.93 Å². The summed E-state index contributed by atoms with van der Waals surface area (Å²) in [5, 5.41) is 2.00. The van der Waals surface area contributed by atoms with E-state index in [4.69, 9.17) is 11.6 Å². The van der Waals surface area contributed by atoms with Gasteiger partial charge in [-0.25, -0.2) is 0 Å². The molecular weight excluding hydrogens is 254 g/mol. The Balaban J connectivity index is 1.96. The van der Waals surface area contributed by atoms with Gasteiger partial charge in [0.2, 0.25) is 0 Å². The Morgan fingerprint density at radius 2 is 1.68 bits per heavy atom. The number of fused-ring (bicyclic) bond motifs is 1. The van der Waals surface area contributed by atoms with Crippen LogP contribution in [0.2, 0.25) is 5.02 Å². The van der Waals surface area contributed by atoms with Gasteiger partial charge in [0.05, 0.1) is 10.5 Å². The quantitative estimate of drug-likeness (QED) is 0.637. The van der Waals surface area contributed by atoms with E-state index >= 15 is 0 Å². The Kier molecular flexibility index (Phi) is 3.31. The number of hydrogen-bond donors (Lipinski definition) is 0. The first-order chi connectivity index (χ1) is 9.28. The summed E-state index contributed by atoms with van der Waals surface area (Å²) < 4.78 is 2.21. The van der Waals surface area contributed by atoms with E-state index in [1.165, 1.54) is 16.5 Å². The van der Waals surface area contributed by atoms with Crippen LogP contribution >= 0.6 is 11.6 Å². The van der Waals surface area contributed by atoms with Crippen LogP contribution in [0.5, 0.6) is 0 Å². The average Bonchev–Trinajstić information content (AvgIpc) is 2.84. The van der Waals surface area contributed by atoms with Gasteiger partial charge in [-0.2, -0.15) is 0 Å². The lowest BCUT2D eigenvalue weighted by Crippen LogP contribution is -1.98. The lowest BCUT2D eigenvalue weighted by Gasteiger charge is -2.07. The Labute approximate surface area is 118 Å². The minimum Gasteiger partial charge on any atom is -0.342 e. The summed E-state index contributed by atoms with van der Waals surface area (Å²) in [5.74, 6) is 0. The lowest BCUT2D eigenvalue weighted by molar-refractivity contribution is 0.836. The summed E-state index contributed by atoms with van der Waals surface area (Å²) in [6, 6.07) is 16.9. The molecule has 0 N–H and O–H groups in total. The van der Waals surface area contributed by atoms with Crippen LogP contribution < -0.4 is 0 Å². The molecule has 0 aliphatic rings. The molecule has 96 valence electrons. The van der Waals surface area contributed by atoms with Crippen LogP contribution in [-0.2, 0) is 13.0 Å². The number of benzene rings is 2. The normalized spacial score (nSPS) is 11.1. The fourth-order valence-corrected chi connectivity index (χ4v) is 2.71. The van der Waals surface area contributed by atoms with Crippen molar-refractivity contribution < 1.29 is 0 Å². The first-order valence-corrected chi connectivity index (χ1v) is 6.97. The highest BCUT2D eigenvalue weighted by Gasteiger charge is 2.05. The molecule has 0 radical (unpaired) electrons. The molecule has 0 unspecified atom stereocenters. The summed E-state index contributed by atoms with van der Waals surface area (Å²) in [4.78, 5) is 0. The Morgan fingerprint density at radius 1 is 0.947 bits per heavy atom. The van der Waals surface area contributed by atoms with E-state index in [2.05, 4.69) is 54.1 Å². The molecular formula is C17H16ClN. The third kappa shape index (κ3) is 2.39. The van der Waals surface area contributed by atoms with E-state index < -0.39 is 0 Å².